The summed E-state index contributed by atoms with van der Waals surface area (Å²) < 4.78 is 38.5. The average Bonchev–Trinajstić information content (AvgIpc) is 2.32. The van der Waals surface area contributed by atoms with Crippen molar-refractivity contribution in [3.05, 3.63) is 24.0 Å². The predicted molar refractivity (Wildman–Crippen MR) is 65.4 cm³/mol. The standard InChI is InChI=1S/C11H14FN3O2S/c1-8(6-13)7-15(2)18(16,17)10-5-3-4-9(12)11(10)14/h3-5,8H,7,14H2,1-2H3. The van der Waals surface area contributed by atoms with E-state index in [1.165, 1.54) is 19.2 Å². The number of halogens is 1. The predicted octanol–water partition coefficient (Wildman–Crippen LogP) is 1.19. The zero-order valence-corrected chi connectivity index (χ0v) is 10.9. The molecule has 1 unspecified atom stereocenters. The van der Waals surface area contributed by atoms with E-state index in [0.717, 1.165) is 10.4 Å². The van der Waals surface area contributed by atoms with Gasteiger partial charge in [-0.1, -0.05) is 6.07 Å². The lowest BCUT2D eigenvalue weighted by Crippen LogP contribution is -2.31. The summed E-state index contributed by atoms with van der Waals surface area (Å²) in [5.74, 6) is -1.24. The van der Waals surface area contributed by atoms with E-state index in [1.54, 1.807) is 6.92 Å². The largest absolute Gasteiger partial charge is 0.395 e. The van der Waals surface area contributed by atoms with Gasteiger partial charge in [-0.05, 0) is 19.1 Å². The van der Waals surface area contributed by atoms with Crippen LogP contribution < -0.4 is 5.73 Å². The number of hydrogen-bond acceptors (Lipinski definition) is 4. The zero-order chi connectivity index (χ0) is 13.9. The molecule has 0 fully saturated rings. The summed E-state index contributed by atoms with van der Waals surface area (Å²) in [7, 11) is -2.55. The third-order valence-electron chi connectivity index (χ3n) is 2.45. The number of hydrogen-bond donors (Lipinski definition) is 1. The average molecular weight is 271 g/mol. The lowest BCUT2D eigenvalue weighted by Gasteiger charge is -2.19. The monoisotopic (exact) mass is 271 g/mol. The summed E-state index contributed by atoms with van der Waals surface area (Å²) in [6.45, 7) is 1.62. The summed E-state index contributed by atoms with van der Waals surface area (Å²) in [5.41, 5.74) is 5.02. The Bertz CT molecular complexity index is 580. The molecule has 0 saturated heterocycles. The SMILES string of the molecule is CC(C#N)CN(C)S(=O)(=O)c1cccc(F)c1N. The van der Waals surface area contributed by atoms with Crippen molar-refractivity contribution in [2.24, 2.45) is 5.92 Å². The number of sulfonamides is 1. The van der Waals surface area contributed by atoms with Crippen LogP contribution in [0.1, 0.15) is 6.92 Å². The number of nitriles is 1. The summed E-state index contributed by atoms with van der Waals surface area (Å²) in [4.78, 5) is -0.282. The second kappa shape index (κ2) is 5.33. The lowest BCUT2D eigenvalue weighted by molar-refractivity contribution is 0.439. The summed E-state index contributed by atoms with van der Waals surface area (Å²) in [5, 5.41) is 8.66. The Morgan fingerprint density at radius 2 is 2.17 bits per heavy atom. The van der Waals surface area contributed by atoms with Crippen LogP contribution in [0.3, 0.4) is 0 Å². The number of para-hydroxylation sites is 1. The van der Waals surface area contributed by atoms with Crippen molar-refractivity contribution in [2.75, 3.05) is 19.3 Å². The van der Waals surface area contributed by atoms with E-state index in [4.69, 9.17) is 11.0 Å². The first kappa shape index (κ1) is 14.4. The molecule has 1 atom stereocenters. The van der Waals surface area contributed by atoms with Gasteiger partial charge in [-0.3, -0.25) is 0 Å². The number of nitrogen functional groups attached to an aromatic ring is 1. The van der Waals surface area contributed by atoms with Crippen LogP contribution in [0.2, 0.25) is 0 Å². The quantitative estimate of drug-likeness (QED) is 0.833. The Labute approximate surface area is 106 Å². The fourth-order valence-electron chi connectivity index (χ4n) is 1.43. The summed E-state index contributed by atoms with van der Waals surface area (Å²) in [6.07, 6.45) is 0. The molecular weight excluding hydrogens is 257 g/mol. The summed E-state index contributed by atoms with van der Waals surface area (Å²) in [6, 6.07) is 5.54. The Balaban J connectivity index is 3.15. The third kappa shape index (κ3) is 2.78. The summed E-state index contributed by atoms with van der Waals surface area (Å²) >= 11 is 0. The molecule has 18 heavy (non-hydrogen) atoms. The van der Waals surface area contributed by atoms with Gasteiger partial charge in [-0.2, -0.15) is 9.57 Å². The first-order valence-corrected chi connectivity index (χ1v) is 6.64. The second-order valence-electron chi connectivity index (χ2n) is 3.97. The van der Waals surface area contributed by atoms with Gasteiger partial charge in [-0.25, -0.2) is 12.8 Å². The van der Waals surface area contributed by atoms with Crippen LogP contribution in [-0.2, 0) is 10.0 Å². The van der Waals surface area contributed by atoms with Crippen LogP contribution in [-0.4, -0.2) is 26.3 Å². The topological polar surface area (TPSA) is 87.2 Å². The van der Waals surface area contributed by atoms with Crippen molar-refractivity contribution in [3.8, 4) is 6.07 Å². The molecule has 0 radical (unpaired) electrons. The molecule has 1 rings (SSSR count). The zero-order valence-electron chi connectivity index (χ0n) is 10.1. The number of benzene rings is 1. The minimum Gasteiger partial charge on any atom is -0.395 e. The molecule has 0 aromatic heterocycles. The molecule has 98 valence electrons. The highest BCUT2D eigenvalue weighted by Crippen LogP contribution is 2.24. The van der Waals surface area contributed by atoms with Crippen molar-refractivity contribution in [2.45, 2.75) is 11.8 Å². The van der Waals surface area contributed by atoms with Crippen molar-refractivity contribution < 1.29 is 12.8 Å². The van der Waals surface area contributed by atoms with Gasteiger partial charge in [0.05, 0.1) is 17.7 Å². The molecule has 0 heterocycles. The minimum atomic E-state index is -3.88. The van der Waals surface area contributed by atoms with Crippen LogP contribution >= 0.6 is 0 Å². The molecule has 5 nitrogen and oxygen atoms in total. The number of nitrogens with two attached hydrogens (primary N) is 1. The van der Waals surface area contributed by atoms with Crippen LogP contribution in [0.15, 0.2) is 23.1 Å². The van der Waals surface area contributed by atoms with Gasteiger partial charge in [0.25, 0.3) is 0 Å². The Hall–Kier alpha value is -1.65. The Morgan fingerprint density at radius 1 is 1.56 bits per heavy atom. The van der Waals surface area contributed by atoms with Crippen LogP contribution in [0.4, 0.5) is 10.1 Å². The normalized spacial score (nSPS) is 13.3. The van der Waals surface area contributed by atoms with Gasteiger partial charge < -0.3 is 5.73 Å². The highest BCUT2D eigenvalue weighted by atomic mass is 32.2. The van der Waals surface area contributed by atoms with Gasteiger partial charge in [-0.15, -0.1) is 0 Å². The maximum Gasteiger partial charge on any atom is 0.245 e. The number of anilines is 1. The molecule has 1 aromatic carbocycles. The minimum absolute atomic E-state index is 0.0226. The maximum absolute atomic E-state index is 13.2. The highest BCUT2D eigenvalue weighted by Gasteiger charge is 2.25. The molecule has 0 aliphatic rings. The lowest BCUT2D eigenvalue weighted by atomic mass is 10.2. The smallest absolute Gasteiger partial charge is 0.245 e. The molecule has 0 saturated carbocycles. The van der Waals surface area contributed by atoms with Gasteiger partial charge in [0.1, 0.15) is 10.7 Å². The number of nitrogens with zero attached hydrogens (tertiary/aromatic N) is 2. The molecule has 0 spiro atoms. The Kier molecular flexibility index (Phi) is 4.27. The molecule has 1 aromatic rings. The van der Waals surface area contributed by atoms with E-state index < -0.39 is 27.4 Å². The van der Waals surface area contributed by atoms with E-state index in [9.17, 15) is 12.8 Å². The molecule has 0 amide bonds. The van der Waals surface area contributed by atoms with Gasteiger partial charge in [0, 0.05) is 13.6 Å². The van der Waals surface area contributed by atoms with Gasteiger partial charge >= 0.3 is 0 Å². The van der Waals surface area contributed by atoms with E-state index in [-0.39, 0.29) is 11.4 Å². The van der Waals surface area contributed by atoms with Crippen molar-refractivity contribution in [1.82, 2.24) is 4.31 Å². The molecule has 7 heteroatoms. The Morgan fingerprint density at radius 3 is 2.72 bits per heavy atom. The van der Waals surface area contributed by atoms with E-state index in [1.807, 2.05) is 6.07 Å². The molecule has 0 aliphatic heterocycles. The fraction of sp³-hybridized carbons (Fsp3) is 0.364. The fourth-order valence-corrected chi connectivity index (χ4v) is 2.82. The molecule has 0 aliphatic carbocycles. The maximum atomic E-state index is 13.2. The number of rotatable bonds is 4. The van der Waals surface area contributed by atoms with Crippen molar-refractivity contribution in [1.29, 1.82) is 5.26 Å². The van der Waals surface area contributed by atoms with Crippen LogP contribution in [0.5, 0.6) is 0 Å². The third-order valence-corrected chi connectivity index (χ3v) is 4.33. The second-order valence-corrected chi connectivity index (χ2v) is 5.98. The van der Waals surface area contributed by atoms with E-state index in [0.29, 0.717) is 0 Å². The van der Waals surface area contributed by atoms with Crippen molar-refractivity contribution in [3.63, 3.8) is 0 Å². The first-order valence-electron chi connectivity index (χ1n) is 5.20. The van der Waals surface area contributed by atoms with E-state index >= 15 is 0 Å². The molecule has 0 bridgehead atoms. The van der Waals surface area contributed by atoms with E-state index in [2.05, 4.69) is 0 Å². The van der Waals surface area contributed by atoms with Crippen LogP contribution in [0.25, 0.3) is 0 Å². The van der Waals surface area contributed by atoms with Crippen LogP contribution in [0, 0.1) is 23.1 Å². The van der Waals surface area contributed by atoms with Crippen molar-refractivity contribution >= 4 is 15.7 Å². The molecule has 2 N–H and O–H groups in total. The highest BCUT2D eigenvalue weighted by molar-refractivity contribution is 7.89. The van der Waals surface area contributed by atoms with Gasteiger partial charge in [0.2, 0.25) is 10.0 Å². The first-order chi connectivity index (χ1) is 8.30. The molecular formula is C11H14FN3O2S. The van der Waals surface area contributed by atoms with Gasteiger partial charge in [0.15, 0.2) is 0 Å².